The van der Waals surface area contributed by atoms with Crippen LogP contribution < -0.4 is 15.0 Å². The largest absolute Gasteiger partial charge is 0.497 e. The monoisotopic (exact) mass is 513 g/mol. The minimum absolute atomic E-state index is 0.0550. The van der Waals surface area contributed by atoms with Crippen molar-refractivity contribution in [3.8, 4) is 5.75 Å². The Morgan fingerprint density at radius 2 is 1.87 bits per heavy atom. The lowest BCUT2D eigenvalue weighted by atomic mass is 10.0. The molecule has 3 aliphatic heterocycles. The minimum atomic E-state index is -0.0875. The molecule has 1 N–H and O–H groups in total. The van der Waals surface area contributed by atoms with Gasteiger partial charge in [-0.3, -0.25) is 9.78 Å². The molecule has 6 rings (SSSR count). The zero-order chi connectivity index (χ0) is 26.1. The summed E-state index contributed by atoms with van der Waals surface area (Å²) in [7, 11) is 1.65. The van der Waals surface area contributed by atoms with E-state index in [-0.39, 0.29) is 18.0 Å². The fraction of sp³-hybridized carbons (Fsp3) is 0.393. The Bertz CT molecular complexity index is 1360. The zero-order valence-electron chi connectivity index (χ0n) is 21.5. The molecule has 2 aromatic heterocycles. The van der Waals surface area contributed by atoms with Crippen LogP contribution in [-0.4, -0.2) is 76.0 Å². The number of amides is 3. The molecule has 0 spiro atoms. The Kier molecular flexibility index (Phi) is 6.53. The number of fused-ring (bicyclic) bond motifs is 2. The van der Waals surface area contributed by atoms with E-state index in [2.05, 4.69) is 25.2 Å². The molecule has 3 aromatic rings. The topological polar surface area (TPSA) is 104 Å². The number of nitrogens with zero attached hydrogens (tertiary/aromatic N) is 6. The van der Waals surface area contributed by atoms with E-state index < -0.39 is 0 Å². The first-order valence-electron chi connectivity index (χ1n) is 13.1. The molecule has 1 saturated heterocycles. The number of ether oxygens (including phenoxy) is 1. The molecule has 0 saturated carbocycles. The number of pyridine rings is 1. The number of hydrogen-bond acceptors (Lipinski definition) is 7. The molecule has 0 aliphatic carbocycles. The molecule has 1 aromatic carbocycles. The van der Waals surface area contributed by atoms with E-state index in [0.29, 0.717) is 25.3 Å². The van der Waals surface area contributed by atoms with Crippen LogP contribution in [0.2, 0.25) is 0 Å². The summed E-state index contributed by atoms with van der Waals surface area (Å²) in [4.78, 5) is 45.4. The molecule has 0 unspecified atom stereocenters. The Hall–Kier alpha value is -4.21. The lowest BCUT2D eigenvalue weighted by molar-refractivity contribution is 0.0727. The SMILES string of the molecule is COc1ccc2c(c1)CCN(C1CCN(c3cc(C(=O)N4CCc5ncccc5C4)ncn3)CC1)C(=O)N2. The van der Waals surface area contributed by atoms with Crippen molar-refractivity contribution in [3.05, 3.63) is 71.4 Å². The number of anilines is 2. The zero-order valence-corrected chi connectivity index (χ0v) is 21.5. The van der Waals surface area contributed by atoms with Crippen LogP contribution in [0.25, 0.3) is 0 Å². The van der Waals surface area contributed by atoms with Crippen LogP contribution in [0.15, 0.2) is 48.9 Å². The number of methoxy groups -OCH3 is 1. The van der Waals surface area contributed by atoms with Crippen LogP contribution in [-0.2, 0) is 19.4 Å². The molecular formula is C28H31N7O3. The number of urea groups is 1. The normalized spacial score (nSPS) is 17.8. The predicted molar refractivity (Wildman–Crippen MR) is 142 cm³/mol. The first-order valence-corrected chi connectivity index (χ1v) is 13.1. The first-order chi connectivity index (χ1) is 18.6. The van der Waals surface area contributed by atoms with Crippen molar-refractivity contribution in [2.45, 2.75) is 38.3 Å². The highest BCUT2D eigenvalue weighted by Crippen LogP contribution is 2.28. The standard InChI is InChI=1S/C28H31N7O3/c1-38-22-4-5-24-19(15-22)6-14-35(28(37)32-24)21-7-11-33(12-8-21)26-16-25(30-18-31-26)27(36)34-13-9-23-20(17-34)3-2-10-29-23/h2-5,10,15-16,18,21H,6-9,11-14,17H2,1H3,(H,32,37). The molecule has 0 atom stereocenters. The Labute approximate surface area is 221 Å². The molecule has 196 valence electrons. The summed E-state index contributed by atoms with van der Waals surface area (Å²) in [5.74, 6) is 1.46. The number of carbonyl (C=O) groups excluding carboxylic acids is 2. The number of piperidine rings is 1. The number of aromatic nitrogens is 3. The lowest BCUT2D eigenvalue weighted by Crippen LogP contribution is -2.49. The summed E-state index contributed by atoms with van der Waals surface area (Å²) in [5.41, 5.74) is 4.49. The third-order valence-electron chi connectivity index (χ3n) is 7.79. The van der Waals surface area contributed by atoms with Gasteiger partial charge in [0.15, 0.2) is 0 Å². The van der Waals surface area contributed by atoms with Gasteiger partial charge in [0.25, 0.3) is 5.91 Å². The second kappa shape index (κ2) is 10.3. The fourth-order valence-corrected chi connectivity index (χ4v) is 5.65. The van der Waals surface area contributed by atoms with Crippen LogP contribution >= 0.6 is 0 Å². The third-order valence-corrected chi connectivity index (χ3v) is 7.79. The van der Waals surface area contributed by atoms with Gasteiger partial charge in [0.05, 0.1) is 7.11 Å². The molecule has 0 radical (unpaired) electrons. The van der Waals surface area contributed by atoms with Gasteiger partial charge in [-0.25, -0.2) is 14.8 Å². The summed E-state index contributed by atoms with van der Waals surface area (Å²) < 4.78 is 5.35. The maximum Gasteiger partial charge on any atom is 0.322 e. The molecule has 3 amide bonds. The summed E-state index contributed by atoms with van der Waals surface area (Å²) in [6.07, 6.45) is 6.45. The first kappa shape index (κ1) is 24.1. The summed E-state index contributed by atoms with van der Waals surface area (Å²) >= 11 is 0. The van der Waals surface area contributed by atoms with Crippen LogP contribution in [0.5, 0.6) is 5.75 Å². The van der Waals surface area contributed by atoms with Gasteiger partial charge in [0.1, 0.15) is 23.6 Å². The third kappa shape index (κ3) is 4.73. The smallest absolute Gasteiger partial charge is 0.322 e. The van der Waals surface area contributed by atoms with Crippen molar-refractivity contribution in [1.82, 2.24) is 24.8 Å². The fourth-order valence-electron chi connectivity index (χ4n) is 5.65. The van der Waals surface area contributed by atoms with E-state index in [1.54, 1.807) is 19.4 Å². The second-order valence-corrected chi connectivity index (χ2v) is 9.96. The van der Waals surface area contributed by atoms with Crippen molar-refractivity contribution < 1.29 is 14.3 Å². The molecule has 1 fully saturated rings. The Balaban J connectivity index is 1.09. The number of carbonyl (C=O) groups is 2. The van der Waals surface area contributed by atoms with Crippen molar-refractivity contribution in [1.29, 1.82) is 0 Å². The molecule has 3 aliphatic rings. The van der Waals surface area contributed by atoms with E-state index in [4.69, 9.17) is 4.74 Å². The van der Waals surface area contributed by atoms with Gasteiger partial charge in [0, 0.05) is 68.8 Å². The lowest BCUT2D eigenvalue weighted by Gasteiger charge is -2.38. The van der Waals surface area contributed by atoms with Gasteiger partial charge >= 0.3 is 6.03 Å². The molecule has 10 heteroatoms. The highest BCUT2D eigenvalue weighted by atomic mass is 16.5. The minimum Gasteiger partial charge on any atom is -0.497 e. The number of rotatable bonds is 4. The van der Waals surface area contributed by atoms with E-state index in [0.717, 1.165) is 72.8 Å². The quantitative estimate of drug-likeness (QED) is 0.572. The molecule has 38 heavy (non-hydrogen) atoms. The maximum atomic E-state index is 13.2. The highest BCUT2D eigenvalue weighted by molar-refractivity contribution is 5.93. The van der Waals surface area contributed by atoms with Crippen molar-refractivity contribution in [3.63, 3.8) is 0 Å². The predicted octanol–water partition coefficient (Wildman–Crippen LogP) is 3.14. The van der Waals surface area contributed by atoms with Crippen LogP contribution in [0.3, 0.4) is 0 Å². The van der Waals surface area contributed by atoms with Gasteiger partial charge in [-0.15, -0.1) is 0 Å². The van der Waals surface area contributed by atoms with Gasteiger partial charge in [-0.2, -0.15) is 0 Å². The average Bonchev–Trinajstić information content (AvgIpc) is 3.14. The molecular weight excluding hydrogens is 482 g/mol. The van der Waals surface area contributed by atoms with Crippen LogP contribution in [0.1, 0.15) is 40.2 Å². The van der Waals surface area contributed by atoms with Gasteiger partial charge in [-0.1, -0.05) is 6.07 Å². The molecule has 5 heterocycles. The number of hydrogen-bond donors (Lipinski definition) is 1. The number of nitrogens with one attached hydrogen (secondary N) is 1. The van der Waals surface area contributed by atoms with Crippen LogP contribution in [0.4, 0.5) is 16.3 Å². The van der Waals surface area contributed by atoms with E-state index >= 15 is 0 Å². The van der Waals surface area contributed by atoms with Gasteiger partial charge in [-0.05, 0) is 54.7 Å². The molecule has 10 nitrogen and oxygen atoms in total. The maximum absolute atomic E-state index is 13.2. The van der Waals surface area contributed by atoms with Gasteiger partial charge in [0.2, 0.25) is 0 Å². The van der Waals surface area contributed by atoms with Gasteiger partial charge < -0.3 is 24.8 Å². The Morgan fingerprint density at radius 3 is 2.71 bits per heavy atom. The van der Waals surface area contributed by atoms with Crippen molar-refractivity contribution in [2.75, 3.05) is 43.5 Å². The molecule has 0 bridgehead atoms. The Morgan fingerprint density at radius 1 is 1.00 bits per heavy atom. The van der Waals surface area contributed by atoms with E-state index in [9.17, 15) is 9.59 Å². The van der Waals surface area contributed by atoms with Crippen LogP contribution in [0, 0.1) is 0 Å². The average molecular weight is 514 g/mol. The van der Waals surface area contributed by atoms with E-state index in [1.807, 2.05) is 40.1 Å². The van der Waals surface area contributed by atoms with Crippen molar-refractivity contribution >= 4 is 23.4 Å². The summed E-state index contributed by atoms with van der Waals surface area (Å²) in [5, 5.41) is 3.07. The van der Waals surface area contributed by atoms with Crippen molar-refractivity contribution in [2.24, 2.45) is 0 Å². The highest BCUT2D eigenvalue weighted by Gasteiger charge is 2.31. The second-order valence-electron chi connectivity index (χ2n) is 9.96. The summed E-state index contributed by atoms with van der Waals surface area (Å²) in [6, 6.07) is 11.6. The number of benzene rings is 1. The summed E-state index contributed by atoms with van der Waals surface area (Å²) in [6.45, 7) is 3.34. The van der Waals surface area contributed by atoms with E-state index in [1.165, 1.54) is 6.33 Å².